The summed E-state index contributed by atoms with van der Waals surface area (Å²) >= 11 is 1.94. The van der Waals surface area contributed by atoms with E-state index in [0.29, 0.717) is 0 Å². The van der Waals surface area contributed by atoms with Crippen LogP contribution in [-0.4, -0.2) is 6.71 Å². The number of para-hydroxylation sites is 3. The quantitative estimate of drug-likeness (QED) is 0.176. The van der Waals surface area contributed by atoms with Crippen LogP contribution in [0.2, 0.25) is 0 Å². The Morgan fingerprint density at radius 3 is 2.10 bits per heavy atom. The molecule has 0 unspecified atom stereocenters. The maximum absolute atomic E-state index is 6.67. The van der Waals surface area contributed by atoms with Gasteiger partial charge in [0.25, 0.3) is 6.71 Å². The molecular formula is C43H33BN2OS. The predicted octanol–water partition coefficient (Wildman–Crippen LogP) is 10.5. The van der Waals surface area contributed by atoms with Crippen molar-refractivity contribution < 1.29 is 4.42 Å². The Hall–Kier alpha value is -5.26. The second-order valence-corrected chi connectivity index (χ2v) is 15.3. The molecule has 2 aliphatic heterocycles. The van der Waals surface area contributed by atoms with Gasteiger partial charge in [0.1, 0.15) is 5.58 Å². The largest absolute Gasteiger partial charge is 0.454 e. The molecular weight excluding hydrogens is 603 g/mol. The van der Waals surface area contributed by atoms with E-state index in [-0.39, 0.29) is 12.1 Å². The Morgan fingerprint density at radius 2 is 1.29 bits per heavy atom. The topological polar surface area (TPSA) is 19.6 Å². The summed E-state index contributed by atoms with van der Waals surface area (Å²) in [7, 11) is 0. The lowest BCUT2D eigenvalue weighted by molar-refractivity contribution is 0.590. The smallest absolute Gasteiger partial charge is 0.264 e. The van der Waals surface area contributed by atoms with Crippen molar-refractivity contribution in [1.82, 2.24) is 0 Å². The molecule has 48 heavy (non-hydrogen) atoms. The van der Waals surface area contributed by atoms with Crippen LogP contribution in [-0.2, 0) is 5.41 Å². The molecule has 0 spiro atoms. The van der Waals surface area contributed by atoms with Gasteiger partial charge in [-0.3, -0.25) is 0 Å². The number of fused-ring (bicyclic) bond motifs is 9. The van der Waals surface area contributed by atoms with Crippen LogP contribution < -0.4 is 25.5 Å². The highest BCUT2D eigenvalue weighted by Gasteiger charge is 2.45. The van der Waals surface area contributed by atoms with Crippen LogP contribution in [0.1, 0.15) is 31.9 Å². The van der Waals surface area contributed by atoms with E-state index < -0.39 is 0 Å². The minimum absolute atomic E-state index is 0.0795. The van der Waals surface area contributed by atoms with Gasteiger partial charge in [0, 0.05) is 48.4 Å². The zero-order valence-electron chi connectivity index (χ0n) is 27.4. The molecule has 10 rings (SSSR count). The molecule has 230 valence electrons. The standard InChI is InChI=1S/C43H33BN2OS/c1-26-24-35-39-36(25-26)46(34-17-11-14-30-29-12-5-9-18-37(29)47-41(30)34)33-16-8-7-15-32(33)44(39)42-40(31-13-6-10-19-38(31)48-42)45(35)28-22-20-27(21-23-28)43(2,3)4/h5-25H,1-4H3. The zero-order chi connectivity index (χ0) is 32.3. The molecule has 0 saturated heterocycles. The van der Waals surface area contributed by atoms with E-state index in [4.69, 9.17) is 4.42 Å². The number of aryl methyl sites for hydroxylation is 1. The Kier molecular flexibility index (Phi) is 5.73. The van der Waals surface area contributed by atoms with Gasteiger partial charge >= 0.3 is 0 Å². The molecule has 0 atom stereocenters. The van der Waals surface area contributed by atoms with Crippen molar-refractivity contribution in [2.45, 2.75) is 33.1 Å². The molecule has 0 saturated carbocycles. The van der Waals surface area contributed by atoms with Crippen molar-refractivity contribution in [1.29, 1.82) is 0 Å². The van der Waals surface area contributed by atoms with Crippen LogP contribution in [0, 0.1) is 6.92 Å². The fourth-order valence-electron chi connectivity index (χ4n) is 8.06. The summed E-state index contributed by atoms with van der Waals surface area (Å²) in [6.07, 6.45) is 0. The molecule has 0 radical (unpaired) electrons. The van der Waals surface area contributed by atoms with Gasteiger partial charge in [0.05, 0.1) is 11.4 Å². The van der Waals surface area contributed by atoms with Gasteiger partial charge in [-0.1, -0.05) is 99.6 Å². The first kappa shape index (κ1) is 27.8. The number of thiophene rings is 1. The highest BCUT2D eigenvalue weighted by Crippen LogP contribution is 2.49. The Labute approximate surface area is 284 Å². The molecule has 2 aliphatic rings. The lowest BCUT2D eigenvalue weighted by Crippen LogP contribution is -2.60. The molecule has 5 heteroatoms. The van der Waals surface area contributed by atoms with Crippen LogP contribution in [0.4, 0.5) is 34.1 Å². The van der Waals surface area contributed by atoms with E-state index >= 15 is 0 Å². The molecule has 0 bridgehead atoms. The summed E-state index contributed by atoms with van der Waals surface area (Å²) < 4.78 is 9.38. The minimum atomic E-state index is 0.0795. The average Bonchev–Trinajstić information content (AvgIpc) is 3.67. The molecule has 0 fully saturated rings. The van der Waals surface area contributed by atoms with Crippen molar-refractivity contribution in [3.05, 3.63) is 139 Å². The number of hydrogen-bond donors (Lipinski definition) is 0. The fraction of sp³-hybridized carbons (Fsp3) is 0.116. The third-order valence-electron chi connectivity index (χ3n) is 10.2. The highest BCUT2D eigenvalue weighted by atomic mass is 32.1. The SMILES string of the molecule is Cc1cc2c3c(c1)N(c1cccc4c1oc1ccccc14)c1ccccc1B3c1sc3ccccc3c1N2c1ccc(C(C)(C)C)cc1. The molecule has 0 N–H and O–H groups in total. The summed E-state index contributed by atoms with van der Waals surface area (Å²) in [6.45, 7) is 9.18. The van der Waals surface area contributed by atoms with Gasteiger partial charge in [-0.15, -0.1) is 11.3 Å². The van der Waals surface area contributed by atoms with Crippen molar-refractivity contribution >= 4 is 99.9 Å². The van der Waals surface area contributed by atoms with Gasteiger partial charge in [0.15, 0.2) is 5.58 Å². The number of hydrogen-bond acceptors (Lipinski definition) is 4. The maximum atomic E-state index is 6.67. The van der Waals surface area contributed by atoms with Gasteiger partial charge in [0.2, 0.25) is 0 Å². The summed E-state index contributed by atoms with van der Waals surface area (Å²) in [6, 6.07) is 46.9. The van der Waals surface area contributed by atoms with Gasteiger partial charge in [-0.25, -0.2) is 0 Å². The van der Waals surface area contributed by atoms with Gasteiger partial charge in [-0.05, 0) is 82.9 Å². The number of benzene rings is 6. The fourth-order valence-corrected chi connectivity index (χ4v) is 9.38. The molecule has 0 amide bonds. The first-order valence-corrected chi connectivity index (χ1v) is 17.5. The van der Waals surface area contributed by atoms with Crippen LogP contribution in [0.25, 0.3) is 32.0 Å². The molecule has 3 nitrogen and oxygen atoms in total. The molecule has 8 aromatic rings. The summed E-state index contributed by atoms with van der Waals surface area (Å²) in [5.74, 6) is 0. The van der Waals surface area contributed by atoms with E-state index in [0.717, 1.165) is 27.6 Å². The number of furan rings is 1. The third-order valence-corrected chi connectivity index (χ3v) is 11.5. The van der Waals surface area contributed by atoms with E-state index in [2.05, 4.69) is 159 Å². The van der Waals surface area contributed by atoms with Crippen molar-refractivity contribution in [2.75, 3.05) is 9.80 Å². The first-order chi connectivity index (χ1) is 23.4. The van der Waals surface area contributed by atoms with E-state index in [1.165, 1.54) is 65.4 Å². The highest BCUT2D eigenvalue weighted by molar-refractivity contribution is 7.33. The number of rotatable bonds is 2. The summed E-state index contributed by atoms with van der Waals surface area (Å²) in [5.41, 5.74) is 14.3. The monoisotopic (exact) mass is 636 g/mol. The maximum Gasteiger partial charge on any atom is 0.264 e. The van der Waals surface area contributed by atoms with Crippen molar-refractivity contribution in [3.63, 3.8) is 0 Å². The van der Waals surface area contributed by atoms with Gasteiger partial charge < -0.3 is 14.2 Å². The lowest BCUT2D eigenvalue weighted by Gasteiger charge is -2.43. The Bertz CT molecular complexity index is 2590. The van der Waals surface area contributed by atoms with Crippen molar-refractivity contribution in [3.8, 4) is 0 Å². The molecule has 2 aromatic heterocycles. The van der Waals surface area contributed by atoms with E-state index in [1.54, 1.807) is 0 Å². The third kappa shape index (κ3) is 3.82. The number of nitrogens with zero attached hydrogens (tertiary/aromatic N) is 2. The zero-order valence-corrected chi connectivity index (χ0v) is 28.2. The Balaban J connectivity index is 1.30. The average molecular weight is 637 g/mol. The minimum Gasteiger partial charge on any atom is -0.454 e. The van der Waals surface area contributed by atoms with Crippen LogP contribution in [0.3, 0.4) is 0 Å². The van der Waals surface area contributed by atoms with Crippen LogP contribution >= 0.6 is 11.3 Å². The molecule has 0 aliphatic carbocycles. The van der Waals surface area contributed by atoms with Crippen LogP contribution in [0.5, 0.6) is 0 Å². The van der Waals surface area contributed by atoms with E-state index in [1.807, 2.05) is 17.4 Å². The second-order valence-electron chi connectivity index (χ2n) is 14.2. The molecule has 6 aromatic carbocycles. The normalized spacial score (nSPS) is 13.7. The predicted molar refractivity (Wildman–Crippen MR) is 207 cm³/mol. The van der Waals surface area contributed by atoms with Crippen LogP contribution in [0.15, 0.2) is 132 Å². The second kappa shape index (κ2) is 9.88. The first-order valence-electron chi connectivity index (χ1n) is 16.7. The number of anilines is 6. The summed E-state index contributed by atoms with van der Waals surface area (Å²) in [5, 5.41) is 3.58. The lowest BCUT2D eigenvalue weighted by atomic mass is 9.36. The summed E-state index contributed by atoms with van der Waals surface area (Å²) in [4.78, 5) is 5.00. The van der Waals surface area contributed by atoms with Gasteiger partial charge in [-0.2, -0.15) is 0 Å². The van der Waals surface area contributed by atoms with Crippen molar-refractivity contribution in [2.24, 2.45) is 0 Å². The Morgan fingerprint density at radius 1 is 0.625 bits per heavy atom. The van der Waals surface area contributed by atoms with E-state index in [9.17, 15) is 0 Å². The molecule has 4 heterocycles.